The van der Waals surface area contributed by atoms with Gasteiger partial charge >= 0.3 is 12.0 Å². The predicted molar refractivity (Wildman–Crippen MR) is 97.3 cm³/mol. The summed E-state index contributed by atoms with van der Waals surface area (Å²) in [5.41, 5.74) is 0.920. The van der Waals surface area contributed by atoms with Gasteiger partial charge in [0.15, 0.2) is 0 Å². The van der Waals surface area contributed by atoms with Crippen LogP contribution in [0.3, 0.4) is 0 Å². The van der Waals surface area contributed by atoms with Crippen molar-refractivity contribution in [1.82, 2.24) is 15.1 Å². The molecule has 6 nitrogen and oxygen atoms in total. The summed E-state index contributed by atoms with van der Waals surface area (Å²) in [6.07, 6.45) is 2.48. The fraction of sp³-hybridized carbons (Fsp3) is 0.579. The number of hydrogen-bond donors (Lipinski definition) is 2. The van der Waals surface area contributed by atoms with Crippen LogP contribution < -0.4 is 5.32 Å². The summed E-state index contributed by atoms with van der Waals surface area (Å²) < 4.78 is 13.3. The molecule has 0 unspecified atom stereocenters. The van der Waals surface area contributed by atoms with E-state index in [9.17, 15) is 14.0 Å². The van der Waals surface area contributed by atoms with Crippen LogP contribution in [0.5, 0.6) is 0 Å². The van der Waals surface area contributed by atoms with Gasteiger partial charge < -0.3 is 15.3 Å². The van der Waals surface area contributed by atoms with E-state index in [1.54, 1.807) is 11.0 Å². The lowest BCUT2D eigenvalue weighted by atomic mass is 10.1. The molecule has 1 saturated heterocycles. The van der Waals surface area contributed by atoms with Crippen LogP contribution in [0.2, 0.25) is 0 Å². The monoisotopic (exact) mass is 365 g/mol. The number of carboxylic acids is 1. The van der Waals surface area contributed by atoms with Crippen molar-refractivity contribution in [3.05, 3.63) is 35.6 Å². The number of carbonyl (C=O) groups is 2. The summed E-state index contributed by atoms with van der Waals surface area (Å²) in [7, 11) is 0. The molecule has 1 aliphatic rings. The minimum absolute atomic E-state index is 0.0503. The van der Waals surface area contributed by atoms with Gasteiger partial charge in [-0.3, -0.25) is 9.69 Å². The summed E-state index contributed by atoms with van der Waals surface area (Å²) in [5, 5.41) is 11.9. The predicted octanol–water partition coefficient (Wildman–Crippen LogP) is 2.69. The van der Waals surface area contributed by atoms with Gasteiger partial charge in [-0.25, -0.2) is 9.18 Å². The molecule has 1 aliphatic heterocycles. The second-order valence-electron chi connectivity index (χ2n) is 6.78. The summed E-state index contributed by atoms with van der Waals surface area (Å²) in [6, 6.07) is 6.03. The lowest BCUT2D eigenvalue weighted by Gasteiger charge is -2.35. The van der Waals surface area contributed by atoms with Crippen LogP contribution in [0.15, 0.2) is 24.3 Å². The van der Waals surface area contributed by atoms with Gasteiger partial charge in [0, 0.05) is 38.8 Å². The Kier molecular flexibility index (Phi) is 7.84. The van der Waals surface area contributed by atoms with E-state index in [1.165, 1.54) is 12.1 Å². The first kappa shape index (κ1) is 20.2. The van der Waals surface area contributed by atoms with Crippen molar-refractivity contribution >= 4 is 12.0 Å². The lowest BCUT2D eigenvalue weighted by Crippen LogP contribution is -2.53. The van der Waals surface area contributed by atoms with Crippen LogP contribution >= 0.6 is 0 Å². The van der Waals surface area contributed by atoms with Gasteiger partial charge in [0.25, 0.3) is 0 Å². The summed E-state index contributed by atoms with van der Waals surface area (Å²) in [4.78, 5) is 27.3. The number of urea groups is 1. The average Bonchev–Trinajstić information content (AvgIpc) is 2.60. The number of carboxylic acid groups (broad SMARTS) is 1. The Morgan fingerprint density at radius 1 is 1.27 bits per heavy atom. The van der Waals surface area contributed by atoms with Crippen LogP contribution in [-0.4, -0.2) is 59.1 Å². The highest BCUT2D eigenvalue weighted by Gasteiger charge is 2.24. The number of amides is 2. The van der Waals surface area contributed by atoms with Gasteiger partial charge in [-0.05, 0) is 24.1 Å². The van der Waals surface area contributed by atoms with Crippen molar-refractivity contribution in [3.8, 4) is 0 Å². The summed E-state index contributed by atoms with van der Waals surface area (Å²) >= 11 is 0. The molecule has 144 valence electrons. The van der Waals surface area contributed by atoms with Crippen LogP contribution in [-0.2, 0) is 11.3 Å². The number of piperazine rings is 1. The van der Waals surface area contributed by atoms with Crippen molar-refractivity contribution in [3.63, 3.8) is 0 Å². The molecule has 0 aromatic heterocycles. The third kappa shape index (κ3) is 6.63. The molecule has 1 aromatic rings. The van der Waals surface area contributed by atoms with Crippen LogP contribution in [0.25, 0.3) is 0 Å². The number of nitrogens with zero attached hydrogens (tertiary/aromatic N) is 2. The molecular formula is C19H28FN3O3. The van der Waals surface area contributed by atoms with Gasteiger partial charge in [0.2, 0.25) is 0 Å². The Morgan fingerprint density at radius 3 is 2.62 bits per heavy atom. The molecule has 0 aliphatic carbocycles. The first-order valence-corrected chi connectivity index (χ1v) is 9.22. The summed E-state index contributed by atoms with van der Waals surface area (Å²) in [6.45, 7) is 5.28. The molecule has 0 spiro atoms. The fourth-order valence-electron chi connectivity index (χ4n) is 3.16. The topological polar surface area (TPSA) is 72.9 Å². The Morgan fingerprint density at radius 2 is 2.00 bits per heavy atom. The van der Waals surface area contributed by atoms with E-state index in [-0.39, 0.29) is 24.3 Å². The van der Waals surface area contributed by atoms with Crippen molar-refractivity contribution in [2.24, 2.45) is 0 Å². The Balaban J connectivity index is 1.80. The Bertz CT molecular complexity index is 603. The van der Waals surface area contributed by atoms with Gasteiger partial charge in [-0.2, -0.15) is 0 Å². The van der Waals surface area contributed by atoms with Crippen molar-refractivity contribution in [2.45, 2.75) is 45.2 Å². The molecule has 0 radical (unpaired) electrons. The van der Waals surface area contributed by atoms with E-state index in [4.69, 9.17) is 5.11 Å². The van der Waals surface area contributed by atoms with E-state index in [2.05, 4.69) is 10.2 Å². The van der Waals surface area contributed by atoms with Crippen molar-refractivity contribution in [1.29, 1.82) is 0 Å². The normalized spacial score (nSPS) is 16.3. The number of unbranched alkanes of at least 4 members (excludes halogenated alkanes) is 1. The fourth-order valence-corrected chi connectivity index (χ4v) is 3.16. The second kappa shape index (κ2) is 10.1. The van der Waals surface area contributed by atoms with Crippen LogP contribution in [0.4, 0.5) is 9.18 Å². The molecule has 7 heteroatoms. The van der Waals surface area contributed by atoms with Crippen molar-refractivity contribution in [2.75, 3.05) is 26.2 Å². The highest BCUT2D eigenvalue weighted by Crippen LogP contribution is 2.11. The molecule has 0 saturated carbocycles. The zero-order chi connectivity index (χ0) is 18.9. The van der Waals surface area contributed by atoms with Gasteiger partial charge in [-0.15, -0.1) is 0 Å². The molecule has 2 amide bonds. The van der Waals surface area contributed by atoms with Gasteiger partial charge in [0.1, 0.15) is 5.82 Å². The highest BCUT2D eigenvalue weighted by molar-refractivity contribution is 5.76. The smallest absolute Gasteiger partial charge is 0.317 e. The minimum Gasteiger partial charge on any atom is -0.481 e. The van der Waals surface area contributed by atoms with E-state index < -0.39 is 5.97 Å². The third-order valence-electron chi connectivity index (χ3n) is 4.61. The van der Waals surface area contributed by atoms with Gasteiger partial charge in [0.05, 0.1) is 6.42 Å². The van der Waals surface area contributed by atoms with Gasteiger partial charge in [-0.1, -0.05) is 31.9 Å². The minimum atomic E-state index is -0.897. The highest BCUT2D eigenvalue weighted by atomic mass is 19.1. The van der Waals surface area contributed by atoms with E-state index in [0.29, 0.717) is 39.1 Å². The molecule has 2 rings (SSSR count). The first-order chi connectivity index (χ1) is 12.5. The lowest BCUT2D eigenvalue weighted by molar-refractivity contribution is -0.137. The maximum absolute atomic E-state index is 13.3. The Labute approximate surface area is 154 Å². The Hall–Kier alpha value is -2.15. The number of halogens is 1. The number of nitrogens with one attached hydrogen (secondary N) is 1. The number of hydrogen-bond acceptors (Lipinski definition) is 3. The number of aliphatic carboxylic acids is 1. The molecular weight excluding hydrogens is 337 g/mol. The first-order valence-electron chi connectivity index (χ1n) is 9.22. The molecule has 1 aromatic carbocycles. The quantitative estimate of drug-likeness (QED) is 0.743. The third-order valence-corrected chi connectivity index (χ3v) is 4.61. The van der Waals surface area contributed by atoms with E-state index in [0.717, 1.165) is 18.4 Å². The SMILES string of the molecule is CCCC[C@@H](CC(=O)O)NC(=O)N1CCN(Cc2cccc(F)c2)CC1. The number of rotatable bonds is 8. The average molecular weight is 365 g/mol. The van der Waals surface area contributed by atoms with E-state index in [1.807, 2.05) is 13.0 Å². The maximum Gasteiger partial charge on any atom is 0.317 e. The molecule has 1 atom stereocenters. The second-order valence-corrected chi connectivity index (χ2v) is 6.78. The van der Waals surface area contributed by atoms with E-state index >= 15 is 0 Å². The maximum atomic E-state index is 13.3. The largest absolute Gasteiger partial charge is 0.481 e. The standard InChI is InChI=1S/C19H28FN3O3/c1-2-3-7-17(13-18(24)25)21-19(26)23-10-8-22(9-11-23)14-15-5-4-6-16(20)12-15/h4-6,12,17H,2-3,7-11,13-14H2,1H3,(H,21,26)(H,24,25)/t17-/m0/s1. The number of benzene rings is 1. The zero-order valence-electron chi connectivity index (χ0n) is 15.3. The molecule has 1 heterocycles. The zero-order valence-corrected chi connectivity index (χ0v) is 15.3. The molecule has 26 heavy (non-hydrogen) atoms. The van der Waals surface area contributed by atoms with Crippen molar-refractivity contribution < 1.29 is 19.1 Å². The molecule has 2 N–H and O–H groups in total. The summed E-state index contributed by atoms with van der Waals surface area (Å²) in [5.74, 6) is -1.14. The molecule has 1 fully saturated rings. The molecule has 0 bridgehead atoms. The van der Waals surface area contributed by atoms with Crippen LogP contribution in [0.1, 0.15) is 38.2 Å². The number of carbonyl (C=O) groups excluding carboxylic acids is 1. The van der Waals surface area contributed by atoms with Crippen LogP contribution in [0, 0.1) is 5.82 Å².